The minimum atomic E-state index is -0.980. The van der Waals surface area contributed by atoms with Gasteiger partial charge in [0.15, 0.2) is 21.2 Å². The predicted molar refractivity (Wildman–Crippen MR) is 76.6 cm³/mol. The highest BCUT2D eigenvalue weighted by Crippen LogP contribution is 2.06. The third-order valence-electron chi connectivity index (χ3n) is 1.05. The van der Waals surface area contributed by atoms with Crippen LogP contribution in [-0.4, -0.2) is 33.9 Å². The normalized spacial score (nSPS) is 8.11. The molecule has 0 aromatic heterocycles. The average Bonchev–Trinajstić information content (AvgIpc) is 2.41. The first-order valence-corrected chi connectivity index (χ1v) is 7.38. The molecule has 0 radical (unpaired) electrons. The molecule has 8 heteroatoms. The van der Waals surface area contributed by atoms with E-state index in [4.69, 9.17) is 33.4 Å². The van der Waals surface area contributed by atoms with Gasteiger partial charge >= 0.3 is 11.9 Å². The Labute approximate surface area is 124 Å². The fourth-order valence-electron chi connectivity index (χ4n) is 0.466. The van der Waals surface area contributed by atoms with Gasteiger partial charge in [-0.3, -0.25) is 12.7 Å². The molecule has 1 aromatic rings. The molecule has 18 heavy (non-hydrogen) atoms. The molecule has 0 unspecified atom stereocenters. The summed E-state index contributed by atoms with van der Waals surface area (Å²) >= 11 is 8.53. The third kappa shape index (κ3) is 17.7. The summed E-state index contributed by atoms with van der Waals surface area (Å²) in [5, 5.41) is 15.2. The number of hydrogen-bond donors (Lipinski definition) is 2. The predicted octanol–water partition coefficient (Wildman–Crippen LogP) is 2.79. The molecule has 1 rings (SSSR count). The second-order valence-corrected chi connectivity index (χ2v) is 4.65. The van der Waals surface area contributed by atoms with Crippen molar-refractivity contribution in [1.29, 1.82) is 0 Å². The summed E-state index contributed by atoms with van der Waals surface area (Å²) < 4.78 is 11.2. The van der Waals surface area contributed by atoms with Crippen LogP contribution in [0, 0.1) is 3.57 Å². The molecule has 0 aliphatic rings. The van der Waals surface area contributed by atoms with E-state index in [9.17, 15) is 12.7 Å². The maximum Gasteiger partial charge on any atom is 0.318 e. The molecular weight excluding hydrogens is 398 g/mol. The van der Waals surface area contributed by atoms with Crippen LogP contribution < -0.4 is 0 Å². The van der Waals surface area contributed by atoms with Crippen molar-refractivity contribution in [3.05, 3.63) is 33.9 Å². The number of carboxylic acids is 2. The Morgan fingerprint density at radius 1 is 1.00 bits per heavy atom. The standard InChI is InChI=1S/C6H5IO.2C2H3ClO2/c8-7-6-4-2-1-3-5-6;2*3-1-2(4)5/h1-5H;2*1H2,(H,4,5). The van der Waals surface area contributed by atoms with E-state index >= 15 is 0 Å². The molecule has 0 atom stereocenters. The van der Waals surface area contributed by atoms with Gasteiger partial charge in [0, 0.05) is 3.57 Å². The SMILES string of the molecule is O=C(O)CCl.O=C(O)CCl.O=Ic1ccccc1. The third-order valence-corrected chi connectivity index (χ3v) is 2.74. The maximum absolute atomic E-state index is 10.2. The van der Waals surface area contributed by atoms with Gasteiger partial charge in [-0.05, 0) is 12.1 Å². The first-order chi connectivity index (χ1) is 8.47. The molecule has 102 valence electrons. The summed E-state index contributed by atoms with van der Waals surface area (Å²) in [6.07, 6.45) is 0. The van der Waals surface area contributed by atoms with E-state index in [2.05, 4.69) is 0 Å². The van der Waals surface area contributed by atoms with Crippen molar-refractivity contribution in [1.82, 2.24) is 0 Å². The Kier molecular flexibility index (Phi) is 15.6. The number of rotatable bonds is 3. The second kappa shape index (κ2) is 14.3. The summed E-state index contributed by atoms with van der Waals surface area (Å²) in [6, 6.07) is 9.46. The molecule has 0 amide bonds. The Bertz CT molecular complexity index is 345. The molecule has 1 aromatic carbocycles. The van der Waals surface area contributed by atoms with Gasteiger partial charge in [-0.15, -0.1) is 23.2 Å². The van der Waals surface area contributed by atoms with Crippen molar-refractivity contribution in [2.75, 3.05) is 11.8 Å². The smallest absolute Gasteiger partial charge is 0.318 e. The van der Waals surface area contributed by atoms with Gasteiger partial charge in [-0.2, -0.15) is 0 Å². The largest absolute Gasteiger partial charge is 0.480 e. The van der Waals surface area contributed by atoms with Crippen LogP contribution in [0.25, 0.3) is 0 Å². The summed E-state index contributed by atoms with van der Waals surface area (Å²) in [7, 11) is 0. The lowest BCUT2D eigenvalue weighted by Gasteiger charge is -1.80. The summed E-state index contributed by atoms with van der Waals surface area (Å²) in [5.74, 6) is -2.57. The fourth-order valence-corrected chi connectivity index (χ4v) is 1.17. The molecule has 0 saturated heterocycles. The highest BCUT2D eigenvalue weighted by Gasteiger charge is 1.84. The van der Waals surface area contributed by atoms with Crippen molar-refractivity contribution in [2.24, 2.45) is 0 Å². The van der Waals surface area contributed by atoms with Crippen molar-refractivity contribution in [2.45, 2.75) is 0 Å². The van der Waals surface area contributed by atoms with E-state index in [0.29, 0.717) is 0 Å². The zero-order valence-electron chi connectivity index (χ0n) is 9.05. The van der Waals surface area contributed by atoms with Gasteiger partial charge in [-0.25, -0.2) is 0 Å². The monoisotopic (exact) mass is 408 g/mol. The van der Waals surface area contributed by atoms with Gasteiger partial charge in [0.05, 0.1) is 0 Å². The number of alkyl halides is 2. The molecule has 0 saturated carbocycles. The van der Waals surface area contributed by atoms with Gasteiger partial charge in [0.1, 0.15) is 11.8 Å². The van der Waals surface area contributed by atoms with Crippen LogP contribution in [0.1, 0.15) is 0 Å². The van der Waals surface area contributed by atoms with E-state index in [-0.39, 0.29) is 11.8 Å². The number of carbonyl (C=O) groups is 2. The number of aliphatic carboxylic acids is 2. The van der Waals surface area contributed by atoms with E-state index in [1.807, 2.05) is 30.3 Å². The Morgan fingerprint density at radius 2 is 1.33 bits per heavy atom. The highest BCUT2D eigenvalue weighted by molar-refractivity contribution is 14.1. The Morgan fingerprint density at radius 3 is 1.50 bits per heavy atom. The van der Waals surface area contributed by atoms with Gasteiger partial charge in [0.2, 0.25) is 0 Å². The molecule has 0 bridgehead atoms. The molecule has 0 spiro atoms. The topological polar surface area (TPSA) is 91.7 Å². The zero-order chi connectivity index (χ0) is 14.4. The summed E-state index contributed by atoms with van der Waals surface area (Å²) in [5.41, 5.74) is 0. The maximum atomic E-state index is 10.2. The van der Waals surface area contributed by atoms with E-state index in [0.717, 1.165) is 3.57 Å². The van der Waals surface area contributed by atoms with Crippen LogP contribution in [0.5, 0.6) is 0 Å². The van der Waals surface area contributed by atoms with Crippen molar-refractivity contribution >= 4 is 56.3 Å². The van der Waals surface area contributed by atoms with Gasteiger partial charge in [-0.1, -0.05) is 18.2 Å². The Hall–Kier alpha value is -0.730. The van der Waals surface area contributed by atoms with Crippen LogP contribution in [0.2, 0.25) is 0 Å². The molecular formula is C10H11Cl2IO5. The van der Waals surface area contributed by atoms with Crippen molar-refractivity contribution in [3.63, 3.8) is 0 Å². The van der Waals surface area contributed by atoms with Crippen LogP contribution in [0.15, 0.2) is 30.3 Å². The number of carboxylic acid groups (broad SMARTS) is 2. The molecule has 0 aliphatic carbocycles. The highest BCUT2D eigenvalue weighted by atomic mass is 127. The Balaban J connectivity index is 0. The molecule has 0 heterocycles. The lowest BCUT2D eigenvalue weighted by atomic mass is 10.4. The van der Waals surface area contributed by atoms with E-state index in [1.54, 1.807) is 0 Å². The summed E-state index contributed by atoms with van der Waals surface area (Å²) in [6.45, 7) is 0. The summed E-state index contributed by atoms with van der Waals surface area (Å²) in [4.78, 5) is 18.5. The van der Waals surface area contributed by atoms with Crippen LogP contribution in [-0.2, 0) is 12.7 Å². The zero-order valence-corrected chi connectivity index (χ0v) is 12.7. The van der Waals surface area contributed by atoms with Crippen LogP contribution in [0.4, 0.5) is 0 Å². The van der Waals surface area contributed by atoms with Gasteiger partial charge in [0.25, 0.3) is 0 Å². The number of hydrogen-bond acceptors (Lipinski definition) is 3. The van der Waals surface area contributed by atoms with Crippen LogP contribution in [0.3, 0.4) is 0 Å². The molecule has 0 fully saturated rings. The first-order valence-electron chi connectivity index (χ1n) is 4.35. The quantitative estimate of drug-likeness (QED) is 0.592. The number of halogens is 3. The minimum Gasteiger partial charge on any atom is -0.480 e. The first kappa shape index (κ1) is 19.6. The molecule has 5 nitrogen and oxygen atoms in total. The van der Waals surface area contributed by atoms with E-state index in [1.165, 1.54) is 0 Å². The van der Waals surface area contributed by atoms with Gasteiger partial charge < -0.3 is 10.2 Å². The van der Waals surface area contributed by atoms with Crippen molar-refractivity contribution in [3.8, 4) is 0 Å². The second-order valence-electron chi connectivity index (χ2n) is 2.43. The number of benzene rings is 1. The molecule has 0 aliphatic heterocycles. The lowest BCUT2D eigenvalue weighted by Crippen LogP contribution is -1.92. The minimum absolute atomic E-state index is 0.306. The molecule has 2 N–H and O–H groups in total. The average molecular weight is 409 g/mol. The van der Waals surface area contributed by atoms with Crippen molar-refractivity contribution < 1.29 is 22.9 Å². The lowest BCUT2D eigenvalue weighted by molar-refractivity contribution is -0.135. The fraction of sp³-hybridized carbons (Fsp3) is 0.200. The van der Waals surface area contributed by atoms with Crippen LogP contribution >= 0.6 is 44.4 Å². The van der Waals surface area contributed by atoms with E-state index < -0.39 is 33.1 Å².